The molecule has 2 aromatic heterocycles. The number of nitrogens with zero attached hydrogens (tertiary/aromatic N) is 1. The van der Waals surface area contributed by atoms with Crippen LogP contribution in [0.5, 0.6) is 0 Å². The predicted molar refractivity (Wildman–Crippen MR) is 93.2 cm³/mol. The zero-order valence-electron chi connectivity index (χ0n) is 13.5. The second-order valence-electron chi connectivity index (χ2n) is 5.13. The second-order valence-corrected chi connectivity index (χ2v) is 5.91. The third-order valence-electron chi connectivity index (χ3n) is 3.46. The molecule has 0 fully saturated rings. The largest absolute Gasteiger partial charge is 0.462 e. The maximum Gasteiger partial charge on any atom is 0.349 e. The lowest BCUT2D eigenvalue weighted by Crippen LogP contribution is -2.21. The molecule has 0 aliphatic heterocycles. The topological polar surface area (TPSA) is 98.5 Å². The fourth-order valence-electron chi connectivity index (χ4n) is 2.29. The van der Waals surface area contributed by atoms with E-state index in [1.807, 2.05) is 0 Å². The van der Waals surface area contributed by atoms with Gasteiger partial charge in [-0.05, 0) is 37.5 Å². The highest BCUT2D eigenvalue weighted by Crippen LogP contribution is 2.26. The van der Waals surface area contributed by atoms with Crippen molar-refractivity contribution in [1.29, 1.82) is 0 Å². The SMILES string of the molecule is CCOC(=O)c1c(C)nsc1NC(=O)c1cc2ccccc2oc1=O. The van der Waals surface area contributed by atoms with Gasteiger partial charge in [0.2, 0.25) is 0 Å². The number of carbonyl (C=O) groups excluding carboxylic acids is 2. The minimum atomic E-state index is -0.755. The Kier molecular flexibility index (Phi) is 4.62. The minimum absolute atomic E-state index is 0.153. The average Bonchev–Trinajstić information content (AvgIpc) is 2.94. The van der Waals surface area contributed by atoms with Crippen LogP contribution < -0.4 is 10.9 Å². The van der Waals surface area contributed by atoms with Crippen molar-refractivity contribution in [1.82, 2.24) is 4.37 Å². The number of anilines is 1. The summed E-state index contributed by atoms with van der Waals surface area (Å²) in [6.07, 6.45) is 0. The first-order valence-corrected chi connectivity index (χ1v) is 8.26. The summed E-state index contributed by atoms with van der Waals surface area (Å²) in [5.41, 5.74) is 0.120. The number of para-hydroxylation sites is 1. The van der Waals surface area contributed by atoms with Crippen LogP contribution in [0.1, 0.15) is 33.3 Å². The maximum absolute atomic E-state index is 12.5. The molecule has 25 heavy (non-hydrogen) atoms. The molecular weight excluding hydrogens is 344 g/mol. The molecule has 8 heteroatoms. The number of amides is 1. The van der Waals surface area contributed by atoms with E-state index < -0.39 is 17.5 Å². The van der Waals surface area contributed by atoms with E-state index in [0.29, 0.717) is 16.7 Å². The monoisotopic (exact) mass is 358 g/mol. The van der Waals surface area contributed by atoms with Crippen molar-refractivity contribution in [3.8, 4) is 0 Å². The predicted octanol–water partition coefficient (Wildman–Crippen LogP) is 2.99. The fraction of sp³-hybridized carbons (Fsp3) is 0.176. The van der Waals surface area contributed by atoms with Crippen LogP contribution in [-0.4, -0.2) is 22.9 Å². The highest BCUT2D eigenvalue weighted by Gasteiger charge is 2.23. The molecule has 1 aromatic carbocycles. The van der Waals surface area contributed by atoms with Crippen molar-refractivity contribution < 1.29 is 18.7 Å². The Hall–Kier alpha value is -3.00. The van der Waals surface area contributed by atoms with E-state index in [4.69, 9.17) is 9.15 Å². The molecule has 0 radical (unpaired) electrons. The van der Waals surface area contributed by atoms with Gasteiger partial charge >= 0.3 is 11.6 Å². The van der Waals surface area contributed by atoms with Gasteiger partial charge < -0.3 is 14.5 Å². The molecule has 0 atom stereocenters. The Labute approximate surface area is 146 Å². The first-order chi connectivity index (χ1) is 12.0. The quantitative estimate of drug-likeness (QED) is 0.569. The van der Waals surface area contributed by atoms with Crippen molar-refractivity contribution in [3.63, 3.8) is 0 Å². The van der Waals surface area contributed by atoms with Gasteiger partial charge in [0.1, 0.15) is 21.7 Å². The van der Waals surface area contributed by atoms with Crippen molar-refractivity contribution >= 4 is 39.4 Å². The Morgan fingerprint density at radius 3 is 2.84 bits per heavy atom. The number of aromatic nitrogens is 1. The number of rotatable bonds is 4. The van der Waals surface area contributed by atoms with Crippen LogP contribution in [0.2, 0.25) is 0 Å². The molecule has 0 saturated carbocycles. The van der Waals surface area contributed by atoms with Gasteiger partial charge in [0.25, 0.3) is 5.91 Å². The number of carbonyl (C=O) groups is 2. The Morgan fingerprint density at radius 1 is 1.32 bits per heavy atom. The Balaban J connectivity index is 1.95. The summed E-state index contributed by atoms with van der Waals surface area (Å²) in [5.74, 6) is -1.25. The van der Waals surface area contributed by atoms with Gasteiger partial charge in [0, 0.05) is 5.39 Å². The van der Waals surface area contributed by atoms with Crippen LogP contribution in [0.15, 0.2) is 39.5 Å². The molecule has 0 spiro atoms. The summed E-state index contributed by atoms with van der Waals surface area (Å²) in [6, 6.07) is 8.33. The van der Waals surface area contributed by atoms with E-state index in [9.17, 15) is 14.4 Å². The zero-order valence-corrected chi connectivity index (χ0v) is 14.3. The van der Waals surface area contributed by atoms with Crippen molar-refractivity contribution in [3.05, 3.63) is 57.6 Å². The first-order valence-electron chi connectivity index (χ1n) is 7.49. The molecule has 0 saturated heterocycles. The van der Waals surface area contributed by atoms with E-state index in [1.165, 1.54) is 6.07 Å². The molecule has 1 amide bonds. The number of hydrogen-bond acceptors (Lipinski definition) is 7. The number of ether oxygens (including phenoxy) is 1. The number of nitrogens with one attached hydrogen (secondary N) is 1. The number of esters is 1. The standard InChI is InChI=1S/C17H14N2O5S/c1-3-23-17(22)13-9(2)19-25-15(13)18-14(20)11-8-10-6-4-5-7-12(10)24-16(11)21/h4-8H,3H2,1-2H3,(H,18,20). The number of hydrogen-bond donors (Lipinski definition) is 1. The van der Waals surface area contributed by atoms with Crippen LogP contribution in [0.4, 0.5) is 5.00 Å². The highest BCUT2D eigenvalue weighted by molar-refractivity contribution is 7.11. The number of aryl methyl sites for hydroxylation is 1. The molecule has 0 aliphatic rings. The van der Waals surface area contributed by atoms with Crippen molar-refractivity contribution in [2.75, 3.05) is 11.9 Å². The van der Waals surface area contributed by atoms with Gasteiger partial charge in [-0.15, -0.1) is 0 Å². The smallest absolute Gasteiger partial charge is 0.349 e. The normalized spacial score (nSPS) is 10.6. The molecular formula is C17H14N2O5S. The van der Waals surface area contributed by atoms with E-state index in [-0.39, 0.29) is 22.7 Å². The van der Waals surface area contributed by atoms with Crippen LogP contribution >= 0.6 is 11.5 Å². The fourth-order valence-corrected chi connectivity index (χ4v) is 3.07. The molecule has 1 N–H and O–H groups in total. The Morgan fingerprint density at radius 2 is 2.08 bits per heavy atom. The van der Waals surface area contributed by atoms with Gasteiger partial charge in [-0.1, -0.05) is 18.2 Å². The lowest BCUT2D eigenvalue weighted by molar-refractivity contribution is 0.0527. The summed E-state index contributed by atoms with van der Waals surface area (Å²) >= 11 is 0.947. The van der Waals surface area contributed by atoms with Gasteiger partial charge in [0.15, 0.2) is 0 Å². The summed E-state index contributed by atoms with van der Waals surface area (Å²) in [4.78, 5) is 36.6. The molecule has 0 unspecified atom stereocenters. The molecule has 3 aromatic rings. The van der Waals surface area contributed by atoms with E-state index >= 15 is 0 Å². The third kappa shape index (κ3) is 3.29. The molecule has 0 bridgehead atoms. The van der Waals surface area contributed by atoms with E-state index in [0.717, 1.165) is 11.5 Å². The van der Waals surface area contributed by atoms with Crippen LogP contribution in [0.25, 0.3) is 11.0 Å². The van der Waals surface area contributed by atoms with Crippen LogP contribution in [-0.2, 0) is 4.74 Å². The number of benzene rings is 1. The van der Waals surface area contributed by atoms with Crippen LogP contribution in [0.3, 0.4) is 0 Å². The van der Waals surface area contributed by atoms with Crippen molar-refractivity contribution in [2.24, 2.45) is 0 Å². The summed E-state index contributed by atoms with van der Waals surface area (Å²) in [6.45, 7) is 3.53. The van der Waals surface area contributed by atoms with E-state index in [1.54, 1.807) is 38.1 Å². The van der Waals surface area contributed by atoms with Crippen LogP contribution in [0, 0.1) is 6.92 Å². The molecule has 2 heterocycles. The lowest BCUT2D eigenvalue weighted by Gasteiger charge is -2.06. The molecule has 7 nitrogen and oxygen atoms in total. The van der Waals surface area contributed by atoms with Gasteiger partial charge in [-0.2, -0.15) is 4.37 Å². The summed E-state index contributed by atoms with van der Waals surface area (Å²) in [7, 11) is 0. The lowest BCUT2D eigenvalue weighted by atomic mass is 10.1. The van der Waals surface area contributed by atoms with Gasteiger partial charge in [-0.3, -0.25) is 4.79 Å². The molecule has 3 rings (SSSR count). The van der Waals surface area contributed by atoms with Gasteiger partial charge in [-0.25, -0.2) is 9.59 Å². The average molecular weight is 358 g/mol. The van der Waals surface area contributed by atoms with Gasteiger partial charge in [0.05, 0.1) is 12.3 Å². The summed E-state index contributed by atoms with van der Waals surface area (Å²) < 4.78 is 14.2. The first kappa shape index (κ1) is 16.8. The number of fused-ring (bicyclic) bond motifs is 1. The highest BCUT2D eigenvalue weighted by atomic mass is 32.1. The second kappa shape index (κ2) is 6.86. The third-order valence-corrected chi connectivity index (χ3v) is 4.31. The minimum Gasteiger partial charge on any atom is -0.462 e. The van der Waals surface area contributed by atoms with E-state index in [2.05, 4.69) is 9.69 Å². The zero-order chi connectivity index (χ0) is 18.0. The molecule has 128 valence electrons. The Bertz CT molecular complexity index is 1020. The molecule has 0 aliphatic carbocycles. The van der Waals surface area contributed by atoms with Crippen molar-refractivity contribution in [2.45, 2.75) is 13.8 Å². The summed E-state index contributed by atoms with van der Waals surface area (Å²) in [5, 5.41) is 3.40. The maximum atomic E-state index is 12.5.